The average molecular weight is 318 g/mol. The second-order valence-corrected chi connectivity index (χ2v) is 5.66. The molecule has 0 spiro atoms. The van der Waals surface area contributed by atoms with Crippen LogP contribution < -0.4 is 5.32 Å². The number of carbonyl (C=O) groups is 1. The molecule has 0 aromatic rings. The number of esters is 1. The molecule has 134 valence electrons. The van der Waals surface area contributed by atoms with Crippen LogP contribution in [0, 0.1) is 5.92 Å². The van der Waals surface area contributed by atoms with Crippen LogP contribution in [0.4, 0.5) is 0 Å². The molecule has 1 fully saturated rings. The Hall–Kier alpha value is -0.610. The number of rotatable bonds is 6. The Morgan fingerprint density at radius 1 is 1.23 bits per heavy atom. The van der Waals surface area contributed by atoms with Gasteiger partial charge in [-0.05, 0) is 38.5 Å². The van der Waals surface area contributed by atoms with Gasteiger partial charge in [0.25, 0.3) is 0 Å². The topological polar surface area (TPSA) is 58.6 Å². The zero-order chi connectivity index (χ0) is 17.6. The maximum Gasteiger partial charge on any atom is 0.325 e. The first-order valence-electron chi connectivity index (χ1n) is 9.00. The van der Waals surface area contributed by atoms with E-state index in [9.17, 15) is 4.79 Å². The predicted molar refractivity (Wildman–Crippen MR) is 94.0 cm³/mol. The van der Waals surface area contributed by atoms with Gasteiger partial charge >= 0.3 is 5.97 Å². The van der Waals surface area contributed by atoms with Gasteiger partial charge in [-0.2, -0.15) is 0 Å². The van der Waals surface area contributed by atoms with E-state index >= 15 is 0 Å². The van der Waals surface area contributed by atoms with Crippen LogP contribution in [0.15, 0.2) is 0 Å². The normalized spacial score (nSPS) is 23.1. The summed E-state index contributed by atoms with van der Waals surface area (Å²) in [6, 6.07) is 0.376. The van der Waals surface area contributed by atoms with Gasteiger partial charge in [-0.1, -0.05) is 47.5 Å². The van der Waals surface area contributed by atoms with E-state index in [0.717, 1.165) is 6.42 Å². The Bertz CT molecular complexity index is 271. The van der Waals surface area contributed by atoms with E-state index in [2.05, 4.69) is 12.2 Å². The van der Waals surface area contributed by atoms with Crippen molar-refractivity contribution in [3.05, 3.63) is 0 Å². The summed E-state index contributed by atoms with van der Waals surface area (Å²) in [5.74, 6) is 0.366. The maximum atomic E-state index is 12.0. The molecule has 1 aliphatic rings. The molecule has 0 bridgehead atoms. The van der Waals surface area contributed by atoms with Crippen LogP contribution in [0.1, 0.15) is 80.1 Å². The SMILES string of the molecule is CC.CC.COC(=O)C(C)(CCCO)NC1CCCCC1C. The lowest BCUT2D eigenvalue weighted by atomic mass is 9.83. The molecule has 0 saturated heterocycles. The number of aliphatic hydroxyl groups is 1. The molecule has 1 rings (SSSR count). The highest BCUT2D eigenvalue weighted by molar-refractivity contribution is 5.80. The molecule has 0 radical (unpaired) electrons. The molecule has 0 aromatic heterocycles. The zero-order valence-corrected chi connectivity index (χ0v) is 15.9. The van der Waals surface area contributed by atoms with Crippen molar-refractivity contribution >= 4 is 5.97 Å². The molecule has 3 unspecified atom stereocenters. The van der Waals surface area contributed by atoms with Gasteiger partial charge in [0.05, 0.1) is 7.11 Å². The van der Waals surface area contributed by atoms with Gasteiger partial charge in [-0.25, -0.2) is 0 Å². The zero-order valence-electron chi connectivity index (χ0n) is 15.9. The Labute approximate surface area is 138 Å². The summed E-state index contributed by atoms with van der Waals surface area (Å²) in [7, 11) is 1.42. The van der Waals surface area contributed by atoms with Gasteiger partial charge in [0.2, 0.25) is 0 Å². The summed E-state index contributed by atoms with van der Waals surface area (Å²) in [6.45, 7) is 12.2. The second-order valence-electron chi connectivity index (χ2n) is 5.66. The highest BCUT2D eigenvalue weighted by atomic mass is 16.5. The largest absolute Gasteiger partial charge is 0.468 e. The van der Waals surface area contributed by atoms with E-state index in [1.807, 2.05) is 34.6 Å². The van der Waals surface area contributed by atoms with Gasteiger partial charge in [0.15, 0.2) is 0 Å². The third kappa shape index (κ3) is 8.14. The predicted octanol–water partition coefficient (Wildman–Crippen LogP) is 3.91. The maximum absolute atomic E-state index is 12.0. The van der Waals surface area contributed by atoms with Crippen molar-refractivity contribution in [3.8, 4) is 0 Å². The molecule has 4 heteroatoms. The summed E-state index contributed by atoms with van der Waals surface area (Å²) in [6.07, 6.45) is 6.06. The summed E-state index contributed by atoms with van der Waals surface area (Å²) >= 11 is 0. The summed E-state index contributed by atoms with van der Waals surface area (Å²) in [5, 5.41) is 12.4. The van der Waals surface area contributed by atoms with Crippen molar-refractivity contribution in [3.63, 3.8) is 0 Å². The van der Waals surface area contributed by atoms with Crippen LogP contribution in [-0.4, -0.2) is 36.4 Å². The van der Waals surface area contributed by atoms with Crippen molar-refractivity contribution in [2.45, 2.75) is 91.6 Å². The molecule has 0 aromatic carbocycles. The molecule has 1 aliphatic carbocycles. The first-order chi connectivity index (χ1) is 10.5. The molecular weight excluding hydrogens is 278 g/mol. The lowest BCUT2D eigenvalue weighted by molar-refractivity contribution is -0.149. The second kappa shape index (κ2) is 14.0. The summed E-state index contributed by atoms with van der Waals surface area (Å²) in [5.41, 5.74) is -0.673. The minimum Gasteiger partial charge on any atom is -0.468 e. The molecule has 22 heavy (non-hydrogen) atoms. The van der Waals surface area contributed by atoms with Crippen molar-refractivity contribution in [1.29, 1.82) is 0 Å². The number of nitrogens with one attached hydrogen (secondary N) is 1. The Kier molecular flexibility index (Phi) is 15.1. The Morgan fingerprint density at radius 2 is 1.77 bits per heavy atom. The van der Waals surface area contributed by atoms with E-state index in [-0.39, 0.29) is 12.6 Å². The molecule has 4 nitrogen and oxygen atoms in total. The molecule has 1 saturated carbocycles. The van der Waals surface area contributed by atoms with E-state index < -0.39 is 5.54 Å². The van der Waals surface area contributed by atoms with Crippen LogP contribution in [0.2, 0.25) is 0 Å². The van der Waals surface area contributed by atoms with Crippen molar-refractivity contribution in [2.24, 2.45) is 5.92 Å². The number of methoxy groups -OCH3 is 1. The number of hydrogen-bond donors (Lipinski definition) is 2. The van der Waals surface area contributed by atoms with Crippen LogP contribution in [0.3, 0.4) is 0 Å². The van der Waals surface area contributed by atoms with Crippen LogP contribution in [-0.2, 0) is 9.53 Å². The van der Waals surface area contributed by atoms with Crippen LogP contribution in [0.25, 0.3) is 0 Å². The summed E-state index contributed by atoms with van der Waals surface area (Å²) < 4.78 is 4.91. The fourth-order valence-electron chi connectivity index (χ4n) is 2.83. The lowest BCUT2D eigenvalue weighted by Crippen LogP contribution is -2.56. The summed E-state index contributed by atoms with van der Waals surface area (Å²) in [4.78, 5) is 12.0. The minimum absolute atomic E-state index is 0.106. The number of ether oxygens (including phenoxy) is 1. The van der Waals surface area contributed by atoms with Crippen molar-refractivity contribution in [1.82, 2.24) is 5.32 Å². The molecular formula is C18H39NO3. The Morgan fingerprint density at radius 3 is 2.23 bits per heavy atom. The first-order valence-corrected chi connectivity index (χ1v) is 9.00. The Balaban J connectivity index is 0. The van der Waals surface area contributed by atoms with Crippen molar-refractivity contribution < 1.29 is 14.6 Å². The number of carbonyl (C=O) groups excluding carboxylic acids is 1. The van der Waals surface area contributed by atoms with Gasteiger partial charge in [-0.15, -0.1) is 0 Å². The van der Waals surface area contributed by atoms with E-state index in [0.29, 0.717) is 24.8 Å². The molecule has 3 atom stereocenters. The minimum atomic E-state index is -0.673. The van der Waals surface area contributed by atoms with Gasteiger partial charge in [-0.3, -0.25) is 10.1 Å². The molecule has 2 N–H and O–H groups in total. The first kappa shape index (κ1) is 23.7. The fourth-order valence-corrected chi connectivity index (χ4v) is 2.83. The van der Waals surface area contributed by atoms with E-state index in [1.54, 1.807) is 0 Å². The van der Waals surface area contributed by atoms with E-state index in [4.69, 9.17) is 9.84 Å². The van der Waals surface area contributed by atoms with E-state index in [1.165, 1.54) is 26.4 Å². The number of aliphatic hydroxyl groups excluding tert-OH is 1. The highest BCUT2D eigenvalue weighted by Gasteiger charge is 2.37. The standard InChI is InChI=1S/C14H27NO3.2C2H6/c1-11-7-4-5-8-12(11)15-14(2,9-6-10-16)13(17)18-3;2*1-2/h11-12,15-16H,4-10H2,1-3H3;2*1-2H3. The van der Waals surface area contributed by atoms with Crippen molar-refractivity contribution in [2.75, 3.05) is 13.7 Å². The van der Waals surface area contributed by atoms with Crippen LogP contribution >= 0.6 is 0 Å². The van der Waals surface area contributed by atoms with Gasteiger partial charge in [0.1, 0.15) is 5.54 Å². The van der Waals surface area contributed by atoms with Gasteiger partial charge < -0.3 is 9.84 Å². The smallest absolute Gasteiger partial charge is 0.325 e. The third-order valence-corrected chi connectivity index (χ3v) is 4.09. The molecule has 0 aliphatic heterocycles. The molecule has 0 heterocycles. The third-order valence-electron chi connectivity index (χ3n) is 4.09. The lowest BCUT2D eigenvalue weighted by Gasteiger charge is -2.37. The highest BCUT2D eigenvalue weighted by Crippen LogP contribution is 2.27. The monoisotopic (exact) mass is 317 g/mol. The quantitative estimate of drug-likeness (QED) is 0.729. The molecule has 0 amide bonds. The number of hydrogen-bond acceptors (Lipinski definition) is 4. The fraction of sp³-hybridized carbons (Fsp3) is 0.944. The van der Waals surface area contributed by atoms with Crippen LogP contribution in [0.5, 0.6) is 0 Å². The van der Waals surface area contributed by atoms with Gasteiger partial charge in [0, 0.05) is 12.6 Å². The average Bonchev–Trinajstić information content (AvgIpc) is 2.58.